The van der Waals surface area contributed by atoms with E-state index in [9.17, 15) is 18.0 Å². The SMILES string of the molecule is O=C(Nc1nc2cc(Cl)c(F)cc2s1)c1c(F)cccc1F. The summed E-state index contributed by atoms with van der Waals surface area (Å²) in [5.74, 6) is -3.54. The first-order chi connectivity index (χ1) is 10.5. The molecule has 0 radical (unpaired) electrons. The zero-order chi connectivity index (χ0) is 15.9. The number of thiazole rings is 1. The normalized spacial score (nSPS) is 10.9. The predicted molar refractivity (Wildman–Crippen MR) is 78.9 cm³/mol. The van der Waals surface area contributed by atoms with Crippen molar-refractivity contribution >= 4 is 44.2 Å². The van der Waals surface area contributed by atoms with E-state index in [0.717, 1.165) is 29.5 Å². The van der Waals surface area contributed by atoms with Gasteiger partial charge in [-0.05, 0) is 24.3 Å². The number of hydrogen-bond donors (Lipinski definition) is 1. The van der Waals surface area contributed by atoms with Crippen molar-refractivity contribution in [3.05, 3.63) is 58.4 Å². The van der Waals surface area contributed by atoms with Crippen LogP contribution in [-0.4, -0.2) is 10.9 Å². The fourth-order valence-corrected chi connectivity index (χ4v) is 2.88. The van der Waals surface area contributed by atoms with Gasteiger partial charge in [-0.3, -0.25) is 10.1 Å². The molecule has 3 rings (SSSR count). The molecule has 0 unspecified atom stereocenters. The van der Waals surface area contributed by atoms with E-state index in [1.807, 2.05) is 0 Å². The average Bonchev–Trinajstić information content (AvgIpc) is 2.80. The molecule has 1 amide bonds. The number of nitrogens with zero attached hydrogens (tertiary/aromatic N) is 1. The van der Waals surface area contributed by atoms with Gasteiger partial charge in [-0.25, -0.2) is 18.2 Å². The quantitative estimate of drug-likeness (QED) is 0.738. The summed E-state index contributed by atoms with van der Waals surface area (Å²) in [4.78, 5) is 16.0. The summed E-state index contributed by atoms with van der Waals surface area (Å²) in [6, 6.07) is 5.59. The molecule has 3 nitrogen and oxygen atoms in total. The Kier molecular flexibility index (Phi) is 3.76. The Bertz CT molecular complexity index is 838. The standard InChI is InChI=1S/C14H6ClF3N2OS/c15-6-4-10-11(5-9(6)18)22-14(19-10)20-13(21)12-7(16)2-1-3-8(12)17/h1-5H,(H,19,20,21). The molecular weight excluding hydrogens is 337 g/mol. The minimum absolute atomic E-state index is 0.0873. The number of anilines is 1. The van der Waals surface area contributed by atoms with Crippen LogP contribution in [0.25, 0.3) is 10.2 Å². The van der Waals surface area contributed by atoms with Gasteiger partial charge in [0.15, 0.2) is 5.13 Å². The fraction of sp³-hybridized carbons (Fsp3) is 0. The van der Waals surface area contributed by atoms with Gasteiger partial charge in [0.1, 0.15) is 23.0 Å². The maximum atomic E-state index is 13.5. The third kappa shape index (κ3) is 2.65. The van der Waals surface area contributed by atoms with Crippen molar-refractivity contribution in [2.45, 2.75) is 0 Å². The number of halogens is 4. The van der Waals surface area contributed by atoms with Crippen molar-refractivity contribution in [1.29, 1.82) is 0 Å². The van der Waals surface area contributed by atoms with E-state index < -0.39 is 28.9 Å². The molecule has 2 aromatic carbocycles. The van der Waals surface area contributed by atoms with E-state index in [-0.39, 0.29) is 10.2 Å². The number of amides is 1. The molecule has 1 N–H and O–H groups in total. The number of benzene rings is 2. The molecule has 3 aromatic rings. The molecule has 0 bridgehead atoms. The largest absolute Gasteiger partial charge is 0.298 e. The number of rotatable bonds is 2. The molecule has 0 fully saturated rings. The third-order valence-electron chi connectivity index (χ3n) is 2.84. The molecule has 1 heterocycles. The molecular formula is C14H6ClF3N2OS. The summed E-state index contributed by atoms with van der Waals surface area (Å²) >= 11 is 6.61. The summed E-state index contributed by atoms with van der Waals surface area (Å²) in [6.45, 7) is 0. The van der Waals surface area contributed by atoms with E-state index in [1.54, 1.807) is 0 Å². The van der Waals surface area contributed by atoms with E-state index >= 15 is 0 Å². The summed E-state index contributed by atoms with van der Waals surface area (Å²) < 4.78 is 40.9. The van der Waals surface area contributed by atoms with Crippen LogP contribution in [0.2, 0.25) is 5.02 Å². The fourth-order valence-electron chi connectivity index (χ4n) is 1.85. The summed E-state index contributed by atoms with van der Waals surface area (Å²) in [5, 5.41) is 2.28. The minimum atomic E-state index is -0.979. The number of nitrogens with one attached hydrogen (secondary N) is 1. The lowest BCUT2D eigenvalue weighted by Crippen LogP contribution is -2.15. The van der Waals surface area contributed by atoms with Crippen LogP contribution in [0.3, 0.4) is 0 Å². The van der Waals surface area contributed by atoms with E-state index in [4.69, 9.17) is 11.6 Å². The molecule has 0 saturated heterocycles. The highest BCUT2D eigenvalue weighted by Crippen LogP contribution is 2.30. The second kappa shape index (κ2) is 5.58. The first kappa shape index (κ1) is 14.8. The molecule has 0 saturated carbocycles. The van der Waals surface area contributed by atoms with Crippen molar-refractivity contribution in [3.63, 3.8) is 0 Å². The van der Waals surface area contributed by atoms with Crippen molar-refractivity contribution in [2.75, 3.05) is 5.32 Å². The number of hydrogen-bond acceptors (Lipinski definition) is 3. The van der Waals surface area contributed by atoms with Crippen molar-refractivity contribution in [2.24, 2.45) is 0 Å². The number of aromatic nitrogens is 1. The Morgan fingerprint density at radius 2 is 1.82 bits per heavy atom. The average molecular weight is 343 g/mol. The monoisotopic (exact) mass is 342 g/mol. The first-order valence-electron chi connectivity index (χ1n) is 5.96. The zero-order valence-electron chi connectivity index (χ0n) is 10.7. The van der Waals surface area contributed by atoms with E-state index in [1.165, 1.54) is 12.1 Å². The van der Waals surface area contributed by atoms with Crippen molar-refractivity contribution in [3.8, 4) is 0 Å². The second-order valence-electron chi connectivity index (χ2n) is 4.30. The van der Waals surface area contributed by atoms with Crippen LogP contribution in [0.4, 0.5) is 18.3 Å². The second-order valence-corrected chi connectivity index (χ2v) is 5.74. The molecule has 8 heteroatoms. The van der Waals surface area contributed by atoms with Crippen molar-refractivity contribution in [1.82, 2.24) is 4.98 Å². The van der Waals surface area contributed by atoms with Crippen LogP contribution in [0.5, 0.6) is 0 Å². The molecule has 0 aliphatic carbocycles. The summed E-state index contributed by atoms with van der Waals surface area (Å²) in [7, 11) is 0. The maximum Gasteiger partial charge on any atom is 0.263 e. The highest BCUT2D eigenvalue weighted by Gasteiger charge is 2.18. The van der Waals surface area contributed by atoms with Crippen LogP contribution in [0, 0.1) is 17.5 Å². The molecule has 0 atom stereocenters. The third-order valence-corrected chi connectivity index (χ3v) is 4.06. The molecule has 1 aromatic heterocycles. The maximum absolute atomic E-state index is 13.5. The minimum Gasteiger partial charge on any atom is -0.298 e. The lowest BCUT2D eigenvalue weighted by atomic mass is 10.2. The smallest absolute Gasteiger partial charge is 0.263 e. The van der Waals surface area contributed by atoms with Crippen LogP contribution < -0.4 is 5.32 Å². The summed E-state index contributed by atoms with van der Waals surface area (Å²) in [5.41, 5.74) is -0.327. The topological polar surface area (TPSA) is 42.0 Å². The number of carbonyl (C=O) groups is 1. The van der Waals surface area contributed by atoms with Gasteiger partial charge in [0, 0.05) is 0 Å². The van der Waals surface area contributed by atoms with Crippen molar-refractivity contribution < 1.29 is 18.0 Å². The Morgan fingerprint density at radius 1 is 1.14 bits per heavy atom. The van der Waals surface area contributed by atoms with Gasteiger partial charge >= 0.3 is 0 Å². The molecule has 0 spiro atoms. The van der Waals surface area contributed by atoms with Gasteiger partial charge in [0.25, 0.3) is 5.91 Å². The highest BCUT2D eigenvalue weighted by molar-refractivity contribution is 7.22. The van der Waals surface area contributed by atoms with E-state index in [2.05, 4.69) is 10.3 Å². The Morgan fingerprint density at radius 3 is 2.50 bits per heavy atom. The summed E-state index contributed by atoms with van der Waals surface area (Å²) in [6.07, 6.45) is 0. The lowest BCUT2D eigenvalue weighted by Gasteiger charge is -2.03. The molecule has 22 heavy (non-hydrogen) atoms. The molecule has 0 aliphatic heterocycles. The van der Waals surface area contributed by atoms with Gasteiger partial charge in [-0.1, -0.05) is 29.0 Å². The van der Waals surface area contributed by atoms with Crippen LogP contribution in [-0.2, 0) is 0 Å². The van der Waals surface area contributed by atoms with Gasteiger partial charge in [0.05, 0.1) is 15.2 Å². The van der Waals surface area contributed by atoms with Crippen LogP contribution in [0.1, 0.15) is 10.4 Å². The van der Waals surface area contributed by atoms with E-state index in [0.29, 0.717) is 10.2 Å². The van der Waals surface area contributed by atoms with Gasteiger partial charge < -0.3 is 0 Å². The van der Waals surface area contributed by atoms with Crippen LogP contribution >= 0.6 is 22.9 Å². The van der Waals surface area contributed by atoms with Crippen LogP contribution in [0.15, 0.2) is 30.3 Å². The molecule has 0 aliphatic rings. The lowest BCUT2D eigenvalue weighted by molar-refractivity contribution is 0.101. The number of fused-ring (bicyclic) bond motifs is 1. The van der Waals surface area contributed by atoms with Gasteiger partial charge in [0.2, 0.25) is 0 Å². The Hall–Kier alpha value is -2.12. The molecule has 112 valence electrons. The zero-order valence-corrected chi connectivity index (χ0v) is 12.2. The predicted octanol–water partition coefficient (Wildman–Crippen LogP) is 4.62. The first-order valence-corrected chi connectivity index (χ1v) is 7.16. The number of carbonyl (C=O) groups excluding carboxylic acids is 1. The Balaban J connectivity index is 1.94. The highest BCUT2D eigenvalue weighted by atomic mass is 35.5. The van der Waals surface area contributed by atoms with Gasteiger partial charge in [-0.15, -0.1) is 0 Å². The Labute approximate surface area is 131 Å². The van der Waals surface area contributed by atoms with Gasteiger partial charge in [-0.2, -0.15) is 0 Å².